The van der Waals surface area contributed by atoms with Gasteiger partial charge in [0.25, 0.3) is 5.91 Å². The average Bonchev–Trinajstić information content (AvgIpc) is 3.18. The Labute approximate surface area is 225 Å². The number of nitrogens with zero attached hydrogens (tertiary/aromatic N) is 1. The number of hydrogen-bond donors (Lipinski definition) is 1. The predicted octanol–water partition coefficient (Wildman–Crippen LogP) is 7.24. The summed E-state index contributed by atoms with van der Waals surface area (Å²) < 4.78 is 17.4. The van der Waals surface area contributed by atoms with Crippen LogP contribution in [0.1, 0.15) is 11.1 Å². The summed E-state index contributed by atoms with van der Waals surface area (Å²) in [6.07, 6.45) is 1.77. The molecule has 35 heavy (non-hydrogen) atoms. The zero-order valence-electron chi connectivity index (χ0n) is 18.6. The zero-order valence-corrected chi connectivity index (χ0v) is 22.5. The van der Waals surface area contributed by atoms with Gasteiger partial charge in [0.1, 0.15) is 12.4 Å². The lowest BCUT2D eigenvalue weighted by Crippen LogP contribution is -2.19. The van der Waals surface area contributed by atoms with Gasteiger partial charge in [0.15, 0.2) is 16.7 Å². The molecule has 0 aliphatic carbocycles. The maximum absolute atomic E-state index is 12.5. The highest BCUT2D eigenvalue weighted by atomic mass is 79.9. The van der Waals surface area contributed by atoms with Crippen LogP contribution >= 0.6 is 50.9 Å². The molecule has 1 aliphatic heterocycles. The first-order valence-corrected chi connectivity index (χ1v) is 12.6. The Bertz CT molecular complexity index is 1330. The quantitative estimate of drug-likeness (QED) is 0.292. The Morgan fingerprint density at radius 1 is 1.03 bits per heavy atom. The van der Waals surface area contributed by atoms with Gasteiger partial charge in [-0.15, -0.1) is 0 Å². The van der Waals surface area contributed by atoms with E-state index in [1.807, 2.05) is 36.4 Å². The van der Waals surface area contributed by atoms with E-state index in [2.05, 4.69) is 26.2 Å². The summed E-state index contributed by atoms with van der Waals surface area (Å²) in [5.74, 6) is 1.56. The van der Waals surface area contributed by atoms with Crippen LogP contribution in [0, 0.1) is 0 Å². The second-order valence-electron chi connectivity index (χ2n) is 7.25. The van der Waals surface area contributed by atoms with E-state index in [1.54, 1.807) is 38.5 Å². The van der Waals surface area contributed by atoms with Crippen LogP contribution in [0.5, 0.6) is 17.2 Å². The minimum absolute atomic E-state index is 0.225. The number of carbonyl (C=O) groups excluding carboxylic acids is 1. The van der Waals surface area contributed by atoms with Crippen molar-refractivity contribution >= 4 is 73.7 Å². The molecule has 4 rings (SSSR count). The Hall–Kier alpha value is -2.65. The summed E-state index contributed by atoms with van der Waals surface area (Å²) in [5.41, 5.74) is 2.34. The number of ether oxygens (including phenoxy) is 3. The number of benzene rings is 3. The molecule has 3 aromatic rings. The Morgan fingerprint density at radius 3 is 2.49 bits per heavy atom. The number of rotatable bonds is 7. The molecular weight excluding hydrogens is 575 g/mol. The molecule has 0 radical (unpaired) electrons. The molecule has 1 fully saturated rings. The van der Waals surface area contributed by atoms with Crippen molar-refractivity contribution < 1.29 is 19.0 Å². The van der Waals surface area contributed by atoms with Crippen molar-refractivity contribution in [2.45, 2.75) is 6.61 Å². The third kappa shape index (κ3) is 6.32. The summed E-state index contributed by atoms with van der Waals surface area (Å²) in [6, 6.07) is 16.2. The molecule has 1 saturated heterocycles. The lowest BCUT2D eigenvalue weighted by atomic mass is 10.2. The van der Waals surface area contributed by atoms with Gasteiger partial charge in [0, 0.05) is 0 Å². The van der Waals surface area contributed by atoms with E-state index in [4.69, 9.17) is 37.4 Å². The summed E-state index contributed by atoms with van der Waals surface area (Å²) >= 11 is 16.9. The van der Waals surface area contributed by atoms with Crippen LogP contribution < -0.4 is 19.5 Å². The highest BCUT2D eigenvalue weighted by Crippen LogP contribution is 2.39. The highest BCUT2D eigenvalue weighted by Gasteiger charge is 2.24. The minimum atomic E-state index is -0.225. The molecule has 10 heteroatoms. The van der Waals surface area contributed by atoms with Gasteiger partial charge in [-0.2, -0.15) is 0 Å². The summed E-state index contributed by atoms with van der Waals surface area (Å²) in [6.45, 7) is 0.274. The van der Waals surface area contributed by atoms with Gasteiger partial charge in [-0.3, -0.25) is 4.79 Å². The molecule has 1 aliphatic rings. The third-order valence-corrected chi connectivity index (χ3v) is 7.11. The van der Waals surface area contributed by atoms with E-state index in [-0.39, 0.29) is 12.5 Å². The van der Waals surface area contributed by atoms with E-state index < -0.39 is 0 Å². The highest BCUT2D eigenvalue weighted by molar-refractivity contribution is 9.10. The molecule has 1 amide bonds. The smallest absolute Gasteiger partial charge is 0.264 e. The molecule has 1 N–H and O–H groups in total. The standard InChI is InChI=1S/C25H19BrCl2N2O4S/c1-32-17-6-4-16(5-7-17)29-25-30-24(31)22(35-25)12-15-9-18(26)23(21(11-15)33-2)34-13-14-3-8-19(27)20(28)10-14/h3-12H,13H2,1-2H3,(H,29,30,31)/b22-12+. The van der Waals surface area contributed by atoms with E-state index in [1.165, 1.54) is 11.8 Å². The van der Waals surface area contributed by atoms with Gasteiger partial charge in [-0.1, -0.05) is 29.3 Å². The van der Waals surface area contributed by atoms with Crippen molar-refractivity contribution in [1.82, 2.24) is 5.32 Å². The van der Waals surface area contributed by atoms with Gasteiger partial charge in [-0.25, -0.2) is 4.99 Å². The van der Waals surface area contributed by atoms with E-state index in [0.717, 1.165) is 16.9 Å². The van der Waals surface area contributed by atoms with Crippen molar-refractivity contribution in [2.75, 3.05) is 14.2 Å². The van der Waals surface area contributed by atoms with Crippen molar-refractivity contribution in [2.24, 2.45) is 4.99 Å². The summed E-state index contributed by atoms with van der Waals surface area (Å²) in [5, 5.41) is 4.23. The largest absolute Gasteiger partial charge is 0.497 e. The number of amides is 1. The molecule has 3 aromatic carbocycles. The van der Waals surface area contributed by atoms with Crippen molar-refractivity contribution in [3.8, 4) is 17.2 Å². The Balaban J connectivity index is 1.51. The number of aliphatic imine (C=N–C) groups is 1. The lowest BCUT2D eigenvalue weighted by molar-refractivity contribution is -0.115. The monoisotopic (exact) mass is 592 g/mol. The topological polar surface area (TPSA) is 69.2 Å². The van der Waals surface area contributed by atoms with E-state index in [9.17, 15) is 4.79 Å². The van der Waals surface area contributed by atoms with Gasteiger partial charge >= 0.3 is 0 Å². The molecule has 0 unspecified atom stereocenters. The normalized spacial score (nSPS) is 15.4. The van der Waals surface area contributed by atoms with Gasteiger partial charge < -0.3 is 19.5 Å². The van der Waals surface area contributed by atoms with Gasteiger partial charge in [0.2, 0.25) is 0 Å². The van der Waals surface area contributed by atoms with Crippen LogP contribution in [0.4, 0.5) is 5.69 Å². The number of carbonyl (C=O) groups is 1. The van der Waals surface area contributed by atoms with Crippen LogP contribution in [-0.2, 0) is 11.4 Å². The number of halogens is 3. The van der Waals surface area contributed by atoms with E-state index in [0.29, 0.717) is 41.8 Å². The Kier molecular flexibility index (Phi) is 8.28. The molecule has 0 saturated carbocycles. The number of hydrogen-bond acceptors (Lipinski definition) is 6. The fraction of sp³-hybridized carbons (Fsp3) is 0.120. The molecule has 6 nitrogen and oxygen atoms in total. The third-order valence-electron chi connectivity index (χ3n) is 4.87. The van der Waals surface area contributed by atoms with Crippen LogP contribution in [0.25, 0.3) is 6.08 Å². The SMILES string of the molecule is COc1ccc(N=C2NC(=O)/C(=C\c3cc(Br)c(OCc4ccc(Cl)c(Cl)c4)c(OC)c3)S2)cc1. The Morgan fingerprint density at radius 2 is 1.80 bits per heavy atom. The minimum Gasteiger partial charge on any atom is -0.497 e. The van der Waals surface area contributed by atoms with Gasteiger partial charge in [0.05, 0.1) is 39.3 Å². The molecule has 0 aromatic heterocycles. The second kappa shape index (κ2) is 11.4. The van der Waals surface area contributed by atoms with Crippen LogP contribution in [-0.4, -0.2) is 25.3 Å². The fourth-order valence-corrected chi connectivity index (χ4v) is 4.89. The van der Waals surface area contributed by atoms with Crippen molar-refractivity contribution in [3.63, 3.8) is 0 Å². The maximum Gasteiger partial charge on any atom is 0.264 e. The average molecular weight is 594 g/mol. The zero-order chi connectivity index (χ0) is 24.9. The fourth-order valence-electron chi connectivity index (χ4n) is 3.15. The number of amidine groups is 1. The lowest BCUT2D eigenvalue weighted by Gasteiger charge is -2.14. The van der Waals surface area contributed by atoms with E-state index >= 15 is 0 Å². The molecule has 180 valence electrons. The number of nitrogens with one attached hydrogen (secondary N) is 1. The van der Waals surface area contributed by atoms with Crippen molar-refractivity contribution in [1.29, 1.82) is 0 Å². The van der Waals surface area contributed by atoms with Crippen LogP contribution in [0.15, 0.2) is 69.0 Å². The molecule has 0 spiro atoms. The first-order chi connectivity index (χ1) is 16.9. The molecule has 0 bridgehead atoms. The number of thioether (sulfide) groups is 1. The molecule has 1 heterocycles. The first kappa shape index (κ1) is 25.4. The molecular formula is C25H19BrCl2N2O4S. The summed E-state index contributed by atoms with van der Waals surface area (Å²) in [7, 11) is 3.16. The second-order valence-corrected chi connectivity index (χ2v) is 9.95. The van der Waals surface area contributed by atoms with Gasteiger partial charge in [-0.05, 0) is 93.4 Å². The molecule has 0 atom stereocenters. The van der Waals surface area contributed by atoms with Crippen LogP contribution in [0.3, 0.4) is 0 Å². The number of methoxy groups -OCH3 is 2. The van der Waals surface area contributed by atoms with Crippen LogP contribution in [0.2, 0.25) is 10.0 Å². The summed E-state index contributed by atoms with van der Waals surface area (Å²) in [4.78, 5) is 17.5. The van der Waals surface area contributed by atoms with Crippen molar-refractivity contribution in [3.05, 3.63) is 85.1 Å². The first-order valence-electron chi connectivity index (χ1n) is 10.2. The predicted molar refractivity (Wildman–Crippen MR) is 145 cm³/mol. The maximum atomic E-state index is 12.5.